The van der Waals surface area contributed by atoms with Crippen molar-refractivity contribution in [2.75, 3.05) is 38.1 Å². The van der Waals surface area contributed by atoms with Crippen molar-refractivity contribution >= 4 is 17.5 Å². The minimum Gasteiger partial charge on any atom is -0.305 e. The van der Waals surface area contributed by atoms with Gasteiger partial charge in [0.1, 0.15) is 0 Å². The maximum absolute atomic E-state index is 12.7. The number of aryl methyl sites for hydroxylation is 1. The Morgan fingerprint density at radius 2 is 1.73 bits per heavy atom. The van der Waals surface area contributed by atoms with Crippen LogP contribution in [-0.4, -0.2) is 60.9 Å². The third kappa shape index (κ3) is 2.91. The van der Waals surface area contributed by atoms with E-state index in [0.29, 0.717) is 12.1 Å². The van der Waals surface area contributed by atoms with Crippen molar-refractivity contribution < 1.29 is 9.59 Å². The second kappa shape index (κ2) is 6.18. The SMILES string of the molecule is Cc1ccc(N2C(=O)C[C@H](N3CCCN(C)CC3)C2=O)cc1. The van der Waals surface area contributed by atoms with Gasteiger partial charge in [0.05, 0.1) is 18.2 Å². The average molecular weight is 301 g/mol. The molecule has 0 aliphatic carbocycles. The number of rotatable bonds is 2. The standard InChI is InChI=1S/C17H23N3O2/c1-13-4-6-14(7-5-13)20-16(21)12-15(17(20)22)19-9-3-8-18(2)10-11-19/h4-7,15H,3,8-12H2,1-2H3/t15-/m0/s1. The number of nitrogens with zero attached hydrogens (tertiary/aromatic N) is 3. The average Bonchev–Trinajstić information content (AvgIpc) is 2.66. The number of carbonyl (C=O) groups is 2. The first kappa shape index (κ1) is 15.2. The van der Waals surface area contributed by atoms with Crippen molar-refractivity contribution in [3.8, 4) is 0 Å². The molecule has 0 spiro atoms. The fourth-order valence-corrected chi connectivity index (χ4v) is 3.24. The summed E-state index contributed by atoms with van der Waals surface area (Å²) in [6.45, 7) is 5.72. The molecule has 3 rings (SSSR count). The molecule has 2 aliphatic heterocycles. The van der Waals surface area contributed by atoms with E-state index in [2.05, 4.69) is 16.8 Å². The first-order valence-corrected chi connectivity index (χ1v) is 7.92. The normalized spacial score (nSPS) is 24.8. The van der Waals surface area contributed by atoms with E-state index < -0.39 is 0 Å². The van der Waals surface area contributed by atoms with Gasteiger partial charge in [0.15, 0.2) is 0 Å². The molecule has 0 aromatic heterocycles. The Morgan fingerprint density at radius 3 is 2.45 bits per heavy atom. The molecule has 0 N–H and O–H groups in total. The topological polar surface area (TPSA) is 43.9 Å². The number of anilines is 1. The summed E-state index contributed by atoms with van der Waals surface area (Å²) in [6.07, 6.45) is 1.34. The van der Waals surface area contributed by atoms with Gasteiger partial charge in [0.2, 0.25) is 5.91 Å². The van der Waals surface area contributed by atoms with E-state index in [9.17, 15) is 9.59 Å². The second-order valence-corrected chi connectivity index (χ2v) is 6.32. The molecule has 0 radical (unpaired) electrons. The second-order valence-electron chi connectivity index (χ2n) is 6.32. The molecule has 118 valence electrons. The minimum atomic E-state index is -0.291. The van der Waals surface area contributed by atoms with Crippen LogP contribution in [0, 0.1) is 6.92 Å². The number of carbonyl (C=O) groups excluding carboxylic acids is 2. The Hall–Kier alpha value is -1.72. The largest absolute Gasteiger partial charge is 0.305 e. The third-order valence-corrected chi connectivity index (χ3v) is 4.61. The van der Waals surface area contributed by atoms with Gasteiger partial charge in [-0.25, -0.2) is 4.90 Å². The summed E-state index contributed by atoms with van der Waals surface area (Å²) in [6, 6.07) is 7.28. The molecule has 1 atom stereocenters. The van der Waals surface area contributed by atoms with Gasteiger partial charge >= 0.3 is 0 Å². The highest BCUT2D eigenvalue weighted by molar-refractivity contribution is 6.22. The molecule has 5 heteroatoms. The first-order valence-electron chi connectivity index (χ1n) is 7.92. The summed E-state index contributed by atoms with van der Waals surface area (Å²) in [5.41, 5.74) is 1.81. The molecule has 2 amide bonds. The fraction of sp³-hybridized carbons (Fsp3) is 0.529. The maximum Gasteiger partial charge on any atom is 0.251 e. The lowest BCUT2D eigenvalue weighted by molar-refractivity contribution is -0.122. The fourth-order valence-electron chi connectivity index (χ4n) is 3.24. The molecule has 2 saturated heterocycles. The third-order valence-electron chi connectivity index (χ3n) is 4.61. The van der Waals surface area contributed by atoms with Crippen LogP contribution in [0.5, 0.6) is 0 Å². The number of amides is 2. The predicted octanol–water partition coefficient (Wildman–Crippen LogP) is 1.26. The van der Waals surface area contributed by atoms with E-state index in [1.165, 1.54) is 4.90 Å². The van der Waals surface area contributed by atoms with Gasteiger partial charge in [-0.2, -0.15) is 0 Å². The van der Waals surface area contributed by atoms with Crippen molar-refractivity contribution in [1.29, 1.82) is 0 Å². The van der Waals surface area contributed by atoms with E-state index in [1.807, 2.05) is 31.2 Å². The number of hydrogen-bond acceptors (Lipinski definition) is 4. The smallest absolute Gasteiger partial charge is 0.251 e. The Morgan fingerprint density at radius 1 is 1.00 bits per heavy atom. The van der Waals surface area contributed by atoms with Crippen LogP contribution < -0.4 is 4.90 Å². The Kier molecular flexibility index (Phi) is 4.27. The lowest BCUT2D eigenvalue weighted by Crippen LogP contribution is -2.43. The van der Waals surface area contributed by atoms with Crippen molar-refractivity contribution in [1.82, 2.24) is 9.80 Å². The highest BCUT2D eigenvalue weighted by Crippen LogP contribution is 2.26. The Balaban J connectivity index is 1.77. The number of likely N-dealkylation sites (N-methyl/N-ethyl adjacent to an activating group) is 1. The van der Waals surface area contributed by atoms with Crippen molar-refractivity contribution in [2.24, 2.45) is 0 Å². The summed E-state index contributed by atoms with van der Waals surface area (Å²) in [7, 11) is 2.10. The summed E-state index contributed by atoms with van der Waals surface area (Å²) in [5, 5.41) is 0. The van der Waals surface area contributed by atoms with Crippen molar-refractivity contribution in [3.63, 3.8) is 0 Å². The van der Waals surface area contributed by atoms with Crippen LogP contribution in [0.4, 0.5) is 5.69 Å². The van der Waals surface area contributed by atoms with E-state index in [-0.39, 0.29) is 17.9 Å². The summed E-state index contributed by atoms with van der Waals surface area (Å²) in [5.74, 6) is -0.158. The minimum absolute atomic E-state index is 0.0709. The molecular weight excluding hydrogens is 278 g/mol. The molecule has 1 aromatic carbocycles. The molecule has 2 fully saturated rings. The zero-order chi connectivity index (χ0) is 15.7. The van der Waals surface area contributed by atoms with Crippen LogP contribution in [0.15, 0.2) is 24.3 Å². The van der Waals surface area contributed by atoms with Gasteiger partial charge in [0, 0.05) is 19.6 Å². The monoisotopic (exact) mass is 301 g/mol. The highest BCUT2D eigenvalue weighted by Gasteiger charge is 2.42. The molecule has 2 heterocycles. The summed E-state index contributed by atoms with van der Waals surface area (Å²) < 4.78 is 0. The zero-order valence-electron chi connectivity index (χ0n) is 13.3. The molecule has 0 saturated carbocycles. The van der Waals surface area contributed by atoms with Gasteiger partial charge in [0.25, 0.3) is 5.91 Å². The number of hydrogen-bond donors (Lipinski definition) is 0. The van der Waals surface area contributed by atoms with Gasteiger partial charge in [-0.1, -0.05) is 17.7 Å². The predicted molar refractivity (Wildman–Crippen MR) is 85.8 cm³/mol. The summed E-state index contributed by atoms with van der Waals surface area (Å²) in [4.78, 5) is 30.9. The molecule has 0 unspecified atom stereocenters. The zero-order valence-corrected chi connectivity index (χ0v) is 13.3. The van der Waals surface area contributed by atoms with Crippen LogP contribution in [0.1, 0.15) is 18.4 Å². The molecule has 0 bridgehead atoms. The number of benzene rings is 1. The van der Waals surface area contributed by atoms with Crippen LogP contribution in [-0.2, 0) is 9.59 Å². The Bertz CT molecular complexity index is 570. The van der Waals surface area contributed by atoms with E-state index in [0.717, 1.165) is 38.2 Å². The molecule has 1 aromatic rings. The van der Waals surface area contributed by atoms with Gasteiger partial charge in [-0.15, -0.1) is 0 Å². The summed E-state index contributed by atoms with van der Waals surface area (Å²) >= 11 is 0. The molecule has 5 nitrogen and oxygen atoms in total. The lowest BCUT2D eigenvalue weighted by atomic mass is 10.2. The van der Waals surface area contributed by atoms with Crippen LogP contribution >= 0.6 is 0 Å². The molecule has 22 heavy (non-hydrogen) atoms. The van der Waals surface area contributed by atoms with Crippen LogP contribution in [0.3, 0.4) is 0 Å². The molecule has 2 aliphatic rings. The molecular formula is C17H23N3O2. The lowest BCUT2D eigenvalue weighted by Gasteiger charge is -2.25. The van der Waals surface area contributed by atoms with E-state index in [1.54, 1.807) is 0 Å². The highest BCUT2D eigenvalue weighted by atomic mass is 16.2. The van der Waals surface area contributed by atoms with Gasteiger partial charge < -0.3 is 4.90 Å². The van der Waals surface area contributed by atoms with Crippen LogP contribution in [0.2, 0.25) is 0 Å². The quantitative estimate of drug-likeness (QED) is 0.772. The van der Waals surface area contributed by atoms with Crippen molar-refractivity contribution in [3.05, 3.63) is 29.8 Å². The van der Waals surface area contributed by atoms with Crippen LogP contribution in [0.25, 0.3) is 0 Å². The maximum atomic E-state index is 12.7. The van der Waals surface area contributed by atoms with Crippen molar-refractivity contribution in [2.45, 2.75) is 25.8 Å². The van der Waals surface area contributed by atoms with E-state index >= 15 is 0 Å². The first-order chi connectivity index (χ1) is 10.6. The van der Waals surface area contributed by atoms with E-state index in [4.69, 9.17) is 0 Å². The Labute approximate surface area is 131 Å². The van der Waals surface area contributed by atoms with Gasteiger partial charge in [-0.3, -0.25) is 14.5 Å². The van der Waals surface area contributed by atoms with Gasteiger partial charge in [-0.05, 0) is 39.1 Å². The number of imide groups is 1.